The zero-order valence-electron chi connectivity index (χ0n) is 13.9. The third kappa shape index (κ3) is 4.55. The standard InChI is InChI=1S/C18H25N3O3/c22-17-11-16(14-5-2-1-3-6-14)21(9-8-19-17)13-18(23)20-12-15-7-4-10-24-15/h1-3,5-6,15-16H,4,7-13H2,(H,19,22)(H,20,23)/t15-,16+/m1/s1. The molecule has 24 heavy (non-hydrogen) atoms. The number of nitrogens with zero attached hydrogens (tertiary/aromatic N) is 1. The molecule has 2 amide bonds. The molecule has 6 nitrogen and oxygen atoms in total. The zero-order valence-corrected chi connectivity index (χ0v) is 13.9. The summed E-state index contributed by atoms with van der Waals surface area (Å²) in [5, 5.41) is 5.86. The molecule has 2 fully saturated rings. The highest BCUT2D eigenvalue weighted by molar-refractivity contribution is 5.79. The molecule has 6 heteroatoms. The monoisotopic (exact) mass is 331 g/mol. The molecule has 2 N–H and O–H groups in total. The number of nitrogens with one attached hydrogen (secondary N) is 2. The van der Waals surface area contributed by atoms with Crippen LogP contribution in [0.2, 0.25) is 0 Å². The Kier molecular flexibility index (Phi) is 5.82. The van der Waals surface area contributed by atoms with Crippen molar-refractivity contribution in [3.8, 4) is 0 Å². The fourth-order valence-corrected chi connectivity index (χ4v) is 3.34. The maximum atomic E-state index is 12.3. The van der Waals surface area contributed by atoms with E-state index in [0.29, 0.717) is 32.6 Å². The van der Waals surface area contributed by atoms with E-state index in [0.717, 1.165) is 25.0 Å². The Morgan fingerprint density at radius 2 is 2.17 bits per heavy atom. The highest BCUT2D eigenvalue weighted by Gasteiger charge is 2.27. The van der Waals surface area contributed by atoms with E-state index in [9.17, 15) is 9.59 Å². The van der Waals surface area contributed by atoms with E-state index in [-0.39, 0.29) is 24.0 Å². The van der Waals surface area contributed by atoms with Crippen molar-refractivity contribution < 1.29 is 14.3 Å². The fourth-order valence-electron chi connectivity index (χ4n) is 3.34. The van der Waals surface area contributed by atoms with Gasteiger partial charge in [0.05, 0.1) is 12.6 Å². The quantitative estimate of drug-likeness (QED) is 0.839. The molecule has 2 saturated heterocycles. The minimum Gasteiger partial charge on any atom is -0.376 e. The molecule has 2 atom stereocenters. The number of amides is 2. The summed E-state index contributed by atoms with van der Waals surface area (Å²) in [5.74, 6) is 0.0203. The van der Waals surface area contributed by atoms with Gasteiger partial charge < -0.3 is 15.4 Å². The van der Waals surface area contributed by atoms with Gasteiger partial charge in [-0.2, -0.15) is 0 Å². The molecule has 1 aromatic carbocycles. The summed E-state index contributed by atoms with van der Waals surface area (Å²) in [4.78, 5) is 26.3. The van der Waals surface area contributed by atoms with Crippen LogP contribution in [0.4, 0.5) is 0 Å². The molecule has 0 aromatic heterocycles. The van der Waals surface area contributed by atoms with Gasteiger partial charge >= 0.3 is 0 Å². The van der Waals surface area contributed by atoms with Crippen LogP contribution in [0.3, 0.4) is 0 Å². The summed E-state index contributed by atoms with van der Waals surface area (Å²) in [6.45, 7) is 2.89. The molecule has 2 aliphatic rings. The fraction of sp³-hybridized carbons (Fsp3) is 0.556. The highest BCUT2D eigenvalue weighted by Crippen LogP contribution is 2.25. The summed E-state index contributed by atoms with van der Waals surface area (Å²) >= 11 is 0. The molecule has 2 aliphatic heterocycles. The van der Waals surface area contributed by atoms with Crippen molar-refractivity contribution in [1.82, 2.24) is 15.5 Å². The Balaban J connectivity index is 1.61. The van der Waals surface area contributed by atoms with Gasteiger partial charge in [0.1, 0.15) is 0 Å². The third-order valence-corrected chi connectivity index (χ3v) is 4.62. The molecule has 0 radical (unpaired) electrons. The molecule has 3 rings (SSSR count). The second kappa shape index (κ2) is 8.26. The lowest BCUT2D eigenvalue weighted by Gasteiger charge is -2.28. The van der Waals surface area contributed by atoms with Crippen LogP contribution in [-0.2, 0) is 14.3 Å². The second-order valence-corrected chi connectivity index (χ2v) is 6.39. The van der Waals surface area contributed by atoms with Gasteiger partial charge in [0.2, 0.25) is 11.8 Å². The van der Waals surface area contributed by atoms with E-state index in [1.54, 1.807) is 0 Å². The first-order valence-corrected chi connectivity index (χ1v) is 8.66. The van der Waals surface area contributed by atoms with Gasteiger partial charge in [0.15, 0.2) is 0 Å². The average molecular weight is 331 g/mol. The Hall–Kier alpha value is -1.92. The van der Waals surface area contributed by atoms with Crippen LogP contribution in [0.1, 0.15) is 30.9 Å². The number of ether oxygens (including phenoxy) is 1. The summed E-state index contributed by atoms with van der Waals surface area (Å²) < 4.78 is 5.53. The predicted octanol–water partition coefficient (Wildman–Crippen LogP) is 0.845. The molecule has 0 unspecified atom stereocenters. The maximum absolute atomic E-state index is 12.3. The van der Waals surface area contributed by atoms with E-state index < -0.39 is 0 Å². The van der Waals surface area contributed by atoms with Crippen molar-refractivity contribution >= 4 is 11.8 Å². The van der Waals surface area contributed by atoms with Crippen LogP contribution in [0.5, 0.6) is 0 Å². The Morgan fingerprint density at radius 3 is 2.92 bits per heavy atom. The molecule has 1 aromatic rings. The van der Waals surface area contributed by atoms with E-state index in [1.807, 2.05) is 30.3 Å². The maximum Gasteiger partial charge on any atom is 0.234 e. The summed E-state index contributed by atoms with van der Waals surface area (Å²) in [7, 11) is 0. The summed E-state index contributed by atoms with van der Waals surface area (Å²) in [6, 6.07) is 9.85. The molecular formula is C18H25N3O3. The average Bonchev–Trinajstić information content (AvgIpc) is 3.05. The van der Waals surface area contributed by atoms with Crippen molar-refractivity contribution in [3.63, 3.8) is 0 Å². The van der Waals surface area contributed by atoms with Gasteiger partial charge in [0, 0.05) is 38.7 Å². The number of rotatable bonds is 5. The molecule has 0 aliphatic carbocycles. The Morgan fingerprint density at radius 1 is 1.33 bits per heavy atom. The van der Waals surface area contributed by atoms with Gasteiger partial charge in [-0.15, -0.1) is 0 Å². The molecule has 0 bridgehead atoms. The lowest BCUT2D eigenvalue weighted by atomic mass is 10.0. The van der Waals surface area contributed by atoms with Crippen molar-refractivity contribution in [2.45, 2.75) is 31.4 Å². The molecule has 0 saturated carbocycles. The number of hydrogen-bond acceptors (Lipinski definition) is 4. The first kappa shape index (κ1) is 16.9. The highest BCUT2D eigenvalue weighted by atomic mass is 16.5. The lowest BCUT2D eigenvalue weighted by molar-refractivity contribution is -0.124. The second-order valence-electron chi connectivity index (χ2n) is 6.39. The first-order chi connectivity index (χ1) is 11.7. The number of carbonyl (C=O) groups excluding carboxylic acids is 2. The van der Waals surface area contributed by atoms with Crippen LogP contribution in [0, 0.1) is 0 Å². The number of benzene rings is 1. The van der Waals surface area contributed by atoms with Gasteiger partial charge in [-0.25, -0.2) is 0 Å². The SMILES string of the molecule is O=C1C[C@@H](c2ccccc2)N(CC(=O)NC[C@H]2CCCO2)CCN1. The van der Waals surface area contributed by atoms with Crippen LogP contribution in [0.15, 0.2) is 30.3 Å². The van der Waals surface area contributed by atoms with Crippen molar-refractivity contribution in [1.29, 1.82) is 0 Å². The smallest absolute Gasteiger partial charge is 0.234 e. The van der Waals surface area contributed by atoms with Crippen molar-refractivity contribution in [2.24, 2.45) is 0 Å². The zero-order chi connectivity index (χ0) is 16.8. The van der Waals surface area contributed by atoms with Crippen molar-refractivity contribution in [2.75, 3.05) is 32.8 Å². The lowest BCUT2D eigenvalue weighted by Crippen LogP contribution is -2.42. The summed E-state index contributed by atoms with van der Waals surface area (Å²) in [6.07, 6.45) is 2.60. The number of hydrogen-bond donors (Lipinski definition) is 2. The Labute approximate surface area is 142 Å². The van der Waals surface area contributed by atoms with Gasteiger partial charge in [-0.1, -0.05) is 30.3 Å². The predicted molar refractivity (Wildman–Crippen MR) is 90.4 cm³/mol. The van der Waals surface area contributed by atoms with E-state index in [2.05, 4.69) is 15.5 Å². The minimum atomic E-state index is -0.0674. The molecule has 0 spiro atoms. The Bertz CT molecular complexity index is 558. The van der Waals surface area contributed by atoms with Crippen LogP contribution < -0.4 is 10.6 Å². The third-order valence-electron chi connectivity index (χ3n) is 4.62. The van der Waals surface area contributed by atoms with E-state index >= 15 is 0 Å². The van der Waals surface area contributed by atoms with Gasteiger partial charge in [0.25, 0.3) is 0 Å². The van der Waals surface area contributed by atoms with Crippen LogP contribution in [0.25, 0.3) is 0 Å². The normalized spacial score (nSPS) is 25.1. The minimum absolute atomic E-state index is 0.0132. The topological polar surface area (TPSA) is 70.7 Å². The van der Waals surface area contributed by atoms with Crippen LogP contribution >= 0.6 is 0 Å². The molecule has 130 valence electrons. The molecule has 2 heterocycles. The van der Waals surface area contributed by atoms with E-state index in [4.69, 9.17) is 4.74 Å². The molecular weight excluding hydrogens is 306 g/mol. The van der Waals surface area contributed by atoms with Gasteiger partial charge in [-0.05, 0) is 18.4 Å². The van der Waals surface area contributed by atoms with E-state index in [1.165, 1.54) is 0 Å². The van der Waals surface area contributed by atoms with Crippen LogP contribution in [-0.4, -0.2) is 55.6 Å². The first-order valence-electron chi connectivity index (χ1n) is 8.66. The largest absolute Gasteiger partial charge is 0.376 e. The summed E-state index contributed by atoms with van der Waals surface area (Å²) in [5.41, 5.74) is 1.07. The number of carbonyl (C=O) groups is 2. The van der Waals surface area contributed by atoms with Gasteiger partial charge in [-0.3, -0.25) is 14.5 Å². The van der Waals surface area contributed by atoms with Crippen molar-refractivity contribution in [3.05, 3.63) is 35.9 Å².